The van der Waals surface area contributed by atoms with Crippen LogP contribution < -0.4 is 10.6 Å². The monoisotopic (exact) mass is 416 g/mol. The van der Waals surface area contributed by atoms with Crippen LogP contribution >= 0.6 is 11.8 Å². The summed E-state index contributed by atoms with van der Waals surface area (Å²) in [6.07, 6.45) is 0.509. The Morgan fingerprint density at radius 3 is 2.31 bits per heavy atom. The SMILES string of the molecule is CCc1c(C#N)c(SC(C(N)=O)C2CCN(C(=O)O)CC2)nc(N(C)C)c1C#N. The predicted octanol–water partition coefficient (Wildman–Crippen LogP) is 1.79. The second-order valence-corrected chi connectivity index (χ2v) is 8.12. The number of rotatable bonds is 6. The molecular formula is C19H24N6O3S. The van der Waals surface area contributed by atoms with E-state index >= 15 is 0 Å². The van der Waals surface area contributed by atoms with Gasteiger partial charge in [-0.15, -0.1) is 0 Å². The molecule has 1 aliphatic heterocycles. The molecular weight excluding hydrogens is 392 g/mol. The fourth-order valence-corrected chi connectivity index (χ4v) is 4.74. The summed E-state index contributed by atoms with van der Waals surface area (Å²) >= 11 is 1.13. The van der Waals surface area contributed by atoms with Crippen LogP contribution in [-0.4, -0.2) is 59.4 Å². The lowest BCUT2D eigenvalue weighted by molar-refractivity contribution is -0.118. The van der Waals surface area contributed by atoms with Crippen molar-refractivity contribution >= 4 is 29.6 Å². The van der Waals surface area contributed by atoms with E-state index in [9.17, 15) is 20.1 Å². The zero-order chi connectivity index (χ0) is 21.7. The van der Waals surface area contributed by atoms with Crippen molar-refractivity contribution in [2.75, 3.05) is 32.1 Å². The molecule has 0 aromatic carbocycles. The lowest BCUT2D eigenvalue weighted by atomic mass is 9.93. The molecule has 2 amide bonds. The summed E-state index contributed by atoms with van der Waals surface area (Å²) in [5.74, 6) is -0.206. The average Bonchev–Trinajstić information content (AvgIpc) is 2.70. The molecule has 29 heavy (non-hydrogen) atoms. The lowest BCUT2D eigenvalue weighted by Gasteiger charge is -2.33. The minimum Gasteiger partial charge on any atom is -0.465 e. The highest BCUT2D eigenvalue weighted by Crippen LogP contribution is 2.37. The summed E-state index contributed by atoms with van der Waals surface area (Å²) in [4.78, 5) is 30.9. The van der Waals surface area contributed by atoms with Crippen molar-refractivity contribution in [3.05, 3.63) is 16.7 Å². The van der Waals surface area contributed by atoms with Gasteiger partial charge in [0.05, 0.1) is 16.4 Å². The smallest absolute Gasteiger partial charge is 0.407 e. The molecule has 1 aromatic heterocycles. The number of hydrogen-bond acceptors (Lipinski definition) is 7. The van der Waals surface area contributed by atoms with Crippen LogP contribution in [0.15, 0.2) is 5.03 Å². The zero-order valence-electron chi connectivity index (χ0n) is 16.7. The van der Waals surface area contributed by atoms with Crippen molar-refractivity contribution in [2.45, 2.75) is 36.5 Å². The molecule has 1 unspecified atom stereocenters. The Hall–Kier alpha value is -2.98. The Labute approximate surface area is 174 Å². The van der Waals surface area contributed by atoms with Crippen LogP contribution in [0.3, 0.4) is 0 Å². The van der Waals surface area contributed by atoms with Crippen molar-refractivity contribution in [1.29, 1.82) is 10.5 Å². The summed E-state index contributed by atoms with van der Waals surface area (Å²) in [5.41, 5.74) is 6.90. The van der Waals surface area contributed by atoms with Crippen LogP contribution in [0.25, 0.3) is 0 Å². The molecule has 2 rings (SSSR count). The second kappa shape index (κ2) is 9.48. The highest BCUT2D eigenvalue weighted by molar-refractivity contribution is 8.00. The standard InChI is InChI=1S/C19H24N6O3S/c1-4-12-13(9-20)17(24(2)3)23-18(14(12)10-21)29-15(16(22)26)11-5-7-25(8-6-11)19(27)28/h11,15H,4-8H2,1-3H3,(H2,22,26)(H,27,28). The normalized spacial score (nSPS) is 15.3. The van der Waals surface area contributed by atoms with E-state index in [0.717, 1.165) is 11.8 Å². The molecule has 154 valence electrons. The number of hydrogen-bond donors (Lipinski definition) is 2. The van der Waals surface area contributed by atoms with Gasteiger partial charge in [-0.25, -0.2) is 9.78 Å². The van der Waals surface area contributed by atoms with E-state index in [-0.39, 0.29) is 11.5 Å². The topological polar surface area (TPSA) is 147 Å². The van der Waals surface area contributed by atoms with Gasteiger partial charge in [-0.3, -0.25) is 4.79 Å². The van der Waals surface area contributed by atoms with Crippen LogP contribution in [-0.2, 0) is 11.2 Å². The summed E-state index contributed by atoms with van der Waals surface area (Å²) in [7, 11) is 3.52. The number of pyridine rings is 1. The van der Waals surface area contributed by atoms with Crippen molar-refractivity contribution in [3.8, 4) is 12.1 Å². The van der Waals surface area contributed by atoms with Gasteiger partial charge in [0.15, 0.2) is 0 Å². The number of aromatic nitrogens is 1. The van der Waals surface area contributed by atoms with Gasteiger partial charge in [-0.05, 0) is 30.7 Å². The predicted molar refractivity (Wildman–Crippen MR) is 109 cm³/mol. The number of nitriles is 2. The van der Waals surface area contributed by atoms with Gasteiger partial charge in [0.2, 0.25) is 5.91 Å². The highest BCUT2D eigenvalue weighted by Gasteiger charge is 2.34. The van der Waals surface area contributed by atoms with Crippen molar-refractivity contribution in [2.24, 2.45) is 11.7 Å². The Bertz CT molecular complexity index is 881. The Morgan fingerprint density at radius 1 is 1.31 bits per heavy atom. The largest absolute Gasteiger partial charge is 0.465 e. The minimum atomic E-state index is -0.976. The molecule has 0 saturated carbocycles. The quantitative estimate of drug-likeness (QED) is 0.667. The maximum atomic E-state index is 12.2. The zero-order valence-corrected chi connectivity index (χ0v) is 17.5. The van der Waals surface area contributed by atoms with E-state index < -0.39 is 17.3 Å². The lowest BCUT2D eigenvalue weighted by Crippen LogP contribution is -2.43. The van der Waals surface area contributed by atoms with E-state index in [2.05, 4.69) is 17.1 Å². The number of nitrogens with zero attached hydrogens (tertiary/aromatic N) is 5. The Balaban J connectivity index is 2.43. The van der Waals surface area contributed by atoms with E-state index in [0.29, 0.717) is 54.3 Å². The molecule has 0 spiro atoms. The van der Waals surface area contributed by atoms with Crippen LogP contribution in [0.1, 0.15) is 36.5 Å². The van der Waals surface area contributed by atoms with E-state index in [1.54, 1.807) is 19.0 Å². The van der Waals surface area contributed by atoms with Crippen molar-refractivity contribution in [3.63, 3.8) is 0 Å². The van der Waals surface area contributed by atoms with Crippen LogP contribution in [0, 0.1) is 28.6 Å². The number of primary amides is 1. The summed E-state index contributed by atoms with van der Waals surface area (Å²) < 4.78 is 0. The van der Waals surface area contributed by atoms with Gasteiger partial charge in [0.25, 0.3) is 0 Å². The van der Waals surface area contributed by atoms with Crippen LogP contribution in [0.2, 0.25) is 0 Å². The number of carbonyl (C=O) groups excluding carboxylic acids is 1. The summed E-state index contributed by atoms with van der Waals surface area (Å²) in [6.45, 7) is 2.52. The molecule has 1 atom stereocenters. The Kier molecular flexibility index (Phi) is 7.29. The Morgan fingerprint density at radius 2 is 1.90 bits per heavy atom. The number of amides is 2. The van der Waals surface area contributed by atoms with Gasteiger partial charge < -0.3 is 20.6 Å². The number of carboxylic acid groups (broad SMARTS) is 1. The highest BCUT2D eigenvalue weighted by atomic mass is 32.2. The average molecular weight is 417 g/mol. The molecule has 3 N–H and O–H groups in total. The molecule has 0 bridgehead atoms. The number of piperidine rings is 1. The van der Waals surface area contributed by atoms with E-state index in [1.165, 1.54) is 4.90 Å². The first-order chi connectivity index (χ1) is 13.7. The fourth-order valence-electron chi connectivity index (χ4n) is 3.49. The fraction of sp³-hybridized carbons (Fsp3) is 0.526. The number of nitrogens with two attached hydrogens (primary N) is 1. The third-order valence-electron chi connectivity index (χ3n) is 5.01. The minimum absolute atomic E-state index is 0.120. The van der Waals surface area contributed by atoms with Gasteiger partial charge >= 0.3 is 6.09 Å². The first kappa shape index (κ1) is 22.3. The molecule has 0 radical (unpaired) electrons. The van der Waals surface area contributed by atoms with Crippen LogP contribution in [0.4, 0.5) is 10.6 Å². The molecule has 2 heterocycles. The van der Waals surface area contributed by atoms with Crippen molar-refractivity contribution in [1.82, 2.24) is 9.88 Å². The number of carbonyl (C=O) groups is 2. The summed E-state index contributed by atoms with van der Waals surface area (Å²) in [6, 6.07) is 4.27. The number of anilines is 1. The third kappa shape index (κ3) is 4.72. The maximum absolute atomic E-state index is 12.2. The molecule has 9 nitrogen and oxygen atoms in total. The first-order valence-corrected chi connectivity index (χ1v) is 10.1. The van der Waals surface area contributed by atoms with Gasteiger partial charge in [0.1, 0.15) is 23.0 Å². The van der Waals surface area contributed by atoms with Crippen LogP contribution in [0.5, 0.6) is 0 Å². The van der Waals surface area contributed by atoms with E-state index in [1.807, 2.05) is 6.92 Å². The van der Waals surface area contributed by atoms with Gasteiger partial charge in [-0.2, -0.15) is 10.5 Å². The van der Waals surface area contributed by atoms with E-state index in [4.69, 9.17) is 10.8 Å². The summed E-state index contributed by atoms with van der Waals surface area (Å²) in [5, 5.41) is 28.1. The number of likely N-dealkylation sites (tertiary alicyclic amines) is 1. The second-order valence-electron chi connectivity index (χ2n) is 6.99. The maximum Gasteiger partial charge on any atom is 0.407 e. The third-order valence-corrected chi connectivity index (χ3v) is 6.40. The van der Waals surface area contributed by atoms with Gasteiger partial charge in [-0.1, -0.05) is 18.7 Å². The van der Waals surface area contributed by atoms with Gasteiger partial charge in [0, 0.05) is 27.2 Å². The molecule has 1 aliphatic rings. The molecule has 1 aromatic rings. The molecule has 0 aliphatic carbocycles. The first-order valence-electron chi connectivity index (χ1n) is 9.23. The number of thioether (sulfide) groups is 1. The molecule has 1 fully saturated rings. The molecule has 10 heteroatoms. The van der Waals surface area contributed by atoms with Crippen molar-refractivity contribution < 1.29 is 14.7 Å². The molecule has 1 saturated heterocycles.